The van der Waals surface area contributed by atoms with Crippen LogP contribution in [0, 0.1) is 0 Å². The van der Waals surface area contributed by atoms with Gasteiger partial charge in [-0.3, -0.25) is 0 Å². The molecule has 0 saturated carbocycles. The van der Waals surface area contributed by atoms with Crippen LogP contribution in [0.5, 0.6) is 5.75 Å². The molecule has 0 amide bonds. The van der Waals surface area contributed by atoms with Crippen molar-refractivity contribution in [2.75, 3.05) is 6.54 Å². The number of aromatic nitrogens is 2. The summed E-state index contributed by atoms with van der Waals surface area (Å²) in [5.74, 6) is 1.66. The SMILES string of the molecule is CCCc1noc(COc2c(Cl)cc(Cl)cc2CCN)n1. The molecule has 1 aromatic heterocycles. The molecule has 0 unspecified atom stereocenters. The van der Waals surface area contributed by atoms with Gasteiger partial charge in [-0.25, -0.2) is 0 Å². The first-order valence-electron chi connectivity index (χ1n) is 6.76. The first kappa shape index (κ1) is 16.1. The van der Waals surface area contributed by atoms with Gasteiger partial charge < -0.3 is 15.0 Å². The molecular weight excluding hydrogens is 313 g/mol. The zero-order valence-electron chi connectivity index (χ0n) is 11.7. The van der Waals surface area contributed by atoms with Crippen LogP contribution in [0.15, 0.2) is 16.7 Å². The first-order valence-corrected chi connectivity index (χ1v) is 7.51. The van der Waals surface area contributed by atoms with Crippen LogP contribution in [0.1, 0.15) is 30.6 Å². The van der Waals surface area contributed by atoms with E-state index >= 15 is 0 Å². The molecule has 114 valence electrons. The third-order valence-electron chi connectivity index (χ3n) is 2.82. The van der Waals surface area contributed by atoms with Crippen molar-refractivity contribution < 1.29 is 9.26 Å². The first-order chi connectivity index (χ1) is 10.1. The number of nitrogens with two attached hydrogens (primary N) is 1. The van der Waals surface area contributed by atoms with Gasteiger partial charge in [0.25, 0.3) is 5.89 Å². The van der Waals surface area contributed by atoms with E-state index < -0.39 is 0 Å². The monoisotopic (exact) mass is 329 g/mol. The Kier molecular flexibility index (Phi) is 5.85. The van der Waals surface area contributed by atoms with Crippen LogP contribution < -0.4 is 10.5 Å². The van der Waals surface area contributed by atoms with Crippen LogP contribution in [0.3, 0.4) is 0 Å². The number of ether oxygens (including phenoxy) is 1. The van der Waals surface area contributed by atoms with Gasteiger partial charge in [0.1, 0.15) is 5.75 Å². The largest absolute Gasteiger partial charge is 0.482 e. The summed E-state index contributed by atoms with van der Waals surface area (Å²) in [6, 6.07) is 3.43. The Bertz CT molecular complexity index is 602. The van der Waals surface area contributed by atoms with Crippen molar-refractivity contribution >= 4 is 23.2 Å². The quantitative estimate of drug-likeness (QED) is 0.842. The predicted molar refractivity (Wildman–Crippen MR) is 81.8 cm³/mol. The lowest BCUT2D eigenvalue weighted by atomic mass is 10.1. The van der Waals surface area contributed by atoms with Gasteiger partial charge in [0, 0.05) is 11.4 Å². The Balaban J connectivity index is 2.11. The summed E-state index contributed by atoms with van der Waals surface area (Å²) < 4.78 is 10.8. The second kappa shape index (κ2) is 7.64. The molecule has 5 nitrogen and oxygen atoms in total. The van der Waals surface area contributed by atoms with E-state index in [1.165, 1.54) is 0 Å². The maximum Gasteiger partial charge on any atom is 0.264 e. The average Bonchev–Trinajstić information content (AvgIpc) is 2.86. The number of hydrogen-bond acceptors (Lipinski definition) is 5. The lowest BCUT2D eigenvalue weighted by Crippen LogP contribution is -2.06. The van der Waals surface area contributed by atoms with Gasteiger partial charge >= 0.3 is 0 Å². The van der Waals surface area contributed by atoms with Crippen molar-refractivity contribution in [2.24, 2.45) is 5.73 Å². The topological polar surface area (TPSA) is 74.2 Å². The van der Waals surface area contributed by atoms with Crippen molar-refractivity contribution in [2.45, 2.75) is 32.8 Å². The highest BCUT2D eigenvalue weighted by atomic mass is 35.5. The lowest BCUT2D eigenvalue weighted by molar-refractivity contribution is 0.241. The molecule has 2 aromatic rings. The Labute approximate surface area is 133 Å². The average molecular weight is 330 g/mol. The van der Waals surface area contributed by atoms with E-state index in [4.69, 9.17) is 38.2 Å². The number of halogens is 2. The third kappa shape index (κ3) is 4.33. The number of benzene rings is 1. The fourth-order valence-electron chi connectivity index (χ4n) is 1.92. The molecule has 2 rings (SSSR count). The predicted octanol–water partition coefficient (Wildman–Crippen LogP) is 3.41. The van der Waals surface area contributed by atoms with Crippen LogP contribution in [-0.4, -0.2) is 16.7 Å². The zero-order valence-corrected chi connectivity index (χ0v) is 13.2. The van der Waals surface area contributed by atoms with E-state index in [1.807, 2.05) is 0 Å². The fraction of sp³-hybridized carbons (Fsp3) is 0.429. The van der Waals surface area contributed by atoms with Crippen LogP contribution in [0.2, 0.25) is 10.0 Å². The minimum atomic E-state index is 0.162. The van der Waals surface area contributed by atoms with E-state index in [0.29, 0.717) is 40.5 Å². The standard InChI is InChI=1S/C14H17Cl2N3O2/c1-2-3-12-18-13(21-19-12)8-20-14-9(4-5-17)6-10(15)7-11(14)16/h6-7H,2-5,8,17H2,1H3. The fourth-order valence-corrected chi connectivity index (χ4v) is 2.51. The minimum absolute atomic E-state index is 0.162. The van der Waals surface area contributed by atoms with E-state index in [1.54, 1.807) is 12.1 Å². The van der Waals surface area contributed by atoms with E-state index in [-0.39, 0.29) is 6.61 Å². The molecule has 0 spiro atoms. The summed E-state index contributed by atoms with van der Waals surface area (Å²) in [6.45, 7) is 2.70. The molecule has 0 fully saturated rings. The Morgan fingerprint density at radius 1 is 1.29 bits per heavy atom. The number of hydrogen-bond donors (Lipinski definition) is 1. The molecule has 0 aliphatic rings. The number of rotatable bonds is 7. The molecule has 2 N–H and O–H groups in total. The maximum absolute atomic E-state index is 6.17. The zero-order chi connectivity index (χ0) is 15.2. The van der Waals surface area contributed by atoms with Gasteiger partial charge in [0.15, 0.2) is 12.4 Å². The second-order valence-electron chi connectivity index (χ2n) is 4.56. The molecule has 0 radical (unpaired) electrons. The van der Waals surface area contributed by atoms with E-state index in [0.717, 1.165) is 18.4 Å². The molecule has 0 aliphatic heterocycles. The van der Waals surface area contributed by atoms with E-state index in [2.05, 4.69) is 17.1 Å². The smallest absolute Gasteiger partial charge is 0.264 e. The lowest BCUT2D eigenvalue weighted by Gasteiger charge is -2.12. The van der Waals surface area contributed by atoms with E-state index in [9.17, 15) is 0 Å². The van der Waals surface area contributed by atoms with Crippen molar-refractivity contribution in [1.82, 2.24) is 10.1 Å². The summed E-state index contributed by atoms with van der Waals surface area (Å²) in [4.78, 5) is 4.24. The molecule has 7 heteroatoms. The van der Waals surface area contributed by atoms with Crippen molar-refractivity contribution in [3.05, 3.63) is 39.5 Å². The van der Waals surface area contributed by atoms with Gasteiger partial charge in [-0.2, -0.15) is 4.98 Å². The molecule has 0 atom stereocenters. The summed E-state index contributed by atoms with van der Waals surface area (Å²) in [5, 5.41) is 4.87. The molecule has 0 bridgehead atoms. The van der Waals surface area contributed by atoms with Crippen molar-refractivity contribution in [3.8, 4) is 5.75 Å². The Morgan fingerprint density at radius 2 is 2.10 bits per heavy atom. The number of nitrogens with zero attached hydrogens (tertiary/aromatic N) is 2. The third-order valence-corrected chi connectivity index (χ3v) is 3.32. The van der Waals surface area contributed by atoms with Crippen molar-refractivity contribution in [1.29, 1.82) is 0 Å². The molecule has 21 heavy (non-hydrogen) atoms. The molecule has 0 aliphatic carbocycles. The Morgan fingerprint density at radius 3 is 2.81 bits per heavy atom. The van der Waals surface area contributed by atoms with Crippen LogP contribution in [-0.2, 0) is 19.4 Å². The number of aryl methyl sites for hydroxylation is 1. The summed E-state index contributed by atoms with van der Waals surface area (Å²) in [6.07, 6.45) is 2.37. The summed E-state index contributed by atoms with van der Waals surface area (Å²) in [5.41, 5.74) is 6.46. The summed E-state index contributed by atoms with van der Waals surface area (Å²) >= 11 is 12.2. The van der Waals surface area contributed by atoms with Crippen LogP contribution in [0.4, 0.5) is 0 Å². The molecule has 1 aromatic carbocycles. The van der Waals surface area contributed by atoms with Gasteiger partial charge in [-0.05, 0) is 37.1 Å². The van der Waals surface area contributed by atoms with Gasteiger partial charge in [-0.1, -0.05) is 35.3 Å². The Hall–Kier alpha value is -1.30. The van der Waals surface area contributed by atoms with Crippen LogP contribution >= 0.6 is 23.2 Å². The maximum atomic E-state index is 6.17. The normalized spacial score (nSPS) is 10.9. The second-order valence-corrected chi connectivity index (χ2v) is 5.40. The molecule has 1 heterocycles. The molecule has 0 saturated heterocycles. The summed E-state index contributed by atoms with van der Waals surface area (Å²) in [7, 11) is 0. The minimum Gasteiger partial charge on any atom is -0.482 e. The van der Waals surface area contributed by atoms with Crippen molar-refractivity contribution in [3.63, 3.8) is 0 Å². The van der Waals surface area contributed by atoms with Gasteiger partial charge in [0.2, 0.25) is 0 Å². The highest BCUT2D eigenvalue weighted by Crippen LogP contribution is 2.33. The van der Waals surface area contributed by atoms with Gasteiger partial charge in [-0.15, -0.1) is 0 Å². The highest BCUT2D eigenvalue weighted by Gasteiger charge is 2.13. The highest BCUT2D eigenvalue weighted by molar-refractivity contribution is 6.35. The van der Waals surface area contributed by atoms with Gasteiger partial charge in [0.05, 0.1) is 5.02 Å². The van der Waals surface area contributed by atoms with Crippen LogP contribution in [0.25, 0.3) is 0 Å². The molecular formula is C14H17Cl2N3O2.